The van der Waals surface area contributed by atoms with Crippen LogP contribution in [0.25, 0.3) is 0 Å². The van der Waals surface area contributed by atoms with E-state index in [1.807, 2.05) is 31.2 Å². The summed E-state index contributed by atoms with van der Waals surface area (Å²) in [5.41, 5.74) is 0. The van der Waals surface area contributed by atoms with Gasteiger partial charge in [-0.2, -0.15) is 0 Å². The average Bonchev–Trinajstić information content (AvgIpc) is 2.68. The molecular formula is C20H35IN4O3. The van der Waals surface area contributed by atoms with Crippen LogP contribution in [-0.4, -0.2) is 76.1 Å². The molecule has 1 aliphatic heterocycles. The fourth-order valence-electron chi connectivity index (χ4n) is 3.17. The Hall–Kier alpha value is -1.26. The molecule has 0 aromatic heterocycles. The SMILES string of the molecule is CN=C(NCC(C)Oc1cccc(OC)c1)NCC(C)N1CCOCC1C.I. The molecule has 8 heteroatoms. The second-order valence-corrected chi connectivity index (χ2v) is 6.95. The Morgan fingerprint density at radius 2 is 2.00 bits per heavy atom. The van der Waals surface area contributed by atoms with E-state index in [1.54, 1.807) is 14.2 Å². The fourth-order valence-corrected chi connectivity index (χ4v) is 3.17. The standard InChI is InChI=1S/C20H34N4O3.HI/c1-15(24-9-10-26-14-16(24)2)12-22-20(21-4)23-13-17(3)27-19-8-6-7-18(11-19)25-5;/h6-8,11,15-17H,9-10,12-14H2,1-5H3,(H2,21,22,23);1H. The second kappa shape index (κ2) is 13.1. The highest BCUT2D eigenvalue weighted by Gasteiger charge is 2.23. The lowest BCUT2D eigenvalue weighted by Gasteiger charge is -2.38. The summed E-state index contributed by atoms with van der Waals surface area (Å²) in [5.74, 6) is 2.36. The van der Waals surface area contributed by atoms with Gasteiger partial charge in [-0.1, -0.05) is 6.07 Å². The maximum Gasteiger partial charge on any atom is 0.191 e. The van der Waals surface area contributed by atoms with Crippen LogP contribution in [-0.2, 0) is 4.74 Å². The number of methoxy groups -OCH3 is 1. The van der Waals surface area contributed by atoms with Gasteiger partial charge in [0.2, 0.25) is 0 Å². The van der Waals surface area contributed by atoms with Gasteiger partial charge in [0.25, 0.3) is 0 Å². The first-order valence-corrected chi connectivity index (χ1v) is 9.62. The number of benzene rings is 1. The Morgan fingerprint density at radius 3 is 2.68 bits per heavy atom. The Kier molecular flexibility index (Phi) is 11.6. The number of nitrogens with one attached hydrogen (secondary N) is 2. The first-order valence-electron chi connectivity index (χ1n) is 9.62. The van der Waals surface area contributed by atoms with Gasteiger partial charge in [-0.15, -0.1) is 24.0 Å². The number of morpholine rings is 1. The molecule has 1 heterocycles. The average molecular weight is 506 g/mol. The van der Waals surface area contributed by atoms with Gasteiger partial charge in [0.1, 0.15) is 17.6 Å². The molecule has 0 saturated carbocycles. The van der Waals surface area contributed by atoms with Crippen LogP contribution in [0.5, 0.6) is 11.5 Å². The van der Waals surface area contributed by atoms with Crippen molar-refractivity contribution in [3.8, 4) is 11.5 Å². The molecule has 0 radical (unpaired) electrons. The molecule has 7 nitrogen and oxygen atoms in total. The van der Waals surface area contributed by atoms with Gasteiger partial charge in [0.15, 0.2) is 5.96 Å². The van der Waals surface area contributed by atoms with E-state index >= 15 is 0 Å². The summed E-state index contributed by atoms with van der Waals surface area (Å²) in [4.78, 5) is 6.78. The van der Waals surface area contributed by atoms with Crippen molar-refractivity contribution in [2.45, 2.75) is 39.0 Å². The molecule has 0 spiro atoms. The van der Waals surface area contributed by atoms with E-state index in [9.17, 15) is 0 Å². The van der Waals surface area contributed by atoms with Crippen LogP contribution in [0.2, 0.25) is 0 Å². The Labute approximate surface area is 186 Å². The van der Waals surface area contributed by atoms with Crippen LogP contribution < -0.4 is 20.1 Å². The Bertz CT molecular complexity index is 603. The summed E-state index contributed by atoms with van der Waals surface area (Å²) in [5, 5.41) is 6.73. The molecule has 3 unspecified atom stereocenters. The van der Waals surface area contributed by atoms with Gasteiger partial charge >= 0.3 is 0 Å². The molecule has 1 fully saturated rings. The lowest BCUT2D eigenvalue weighted by Crippen LogP contribution is -2.53. The summed E-state index contributed by atoms with van der Waals surface area (Å²) >= 11 is 0. The summed E-state index contributed by atoms with van der Waals surface area (Å²) in [6.45, 7) is 10.5. The van der Waals surface area contributed by atoms with Crippen molar-refractivity contribution in [3.63, 3.8) is 0 Å². The molecule has 0 aliphatic carbocycles. The van der Waals surface area contributed by atoms with E-state index in [0.29, 0.717) is 18.6 Å². The van der Waals surface area contributed by atoms with Crippen molar-refractivity contribution in [2.24, 2.45) is 4.99 Å². The highest BCUT2D eigenvalue weighted by atomic mass is 127. The summed E-state index contributed by atoms with van der Waals surface area (Å²) in [6, 6.07) is 8.49. The fraction of sp³-hybridized carbons (Fsp3) is 0.650. The third-order valence-corrected chi connectivity index (χ3v) is 4.71. The number of hydrogen-bond donors (Lipinski definition) is 2. The zero-order chi connectivity index (χ0) is 19.6. The molecule has 1 aromatic rings. The van der Waals surface area contributed by atoms with Crippen molar-refractivity contribution < 1.29 is 14.2 Å². The Balaban J connectivity index is 0.00000392. The topological polar surface area (TPSA) is 67.4 Å². The van der Waals surface area contributed by atoms with Crippen LogP contribution in [0.15, 0.2) is 29.3 Å². The number of ether oxygens (including phenoxy) is 3. The van der Waals surface area contributed by atoms with Crippen LogP contribution in [0, 0.1) is 0 Å². The third kappa shape index (κ3) is 8.00. The van der Waals surface area contributed by atoms with Gasteiger partial charge in [0.05, 0.1) is 26.9 Å². The Morgan fingerprint density at radius 1 is 1.29 bits per heavy atom. The van der Waals surface area contributed by atoms with Crippen molar-refractivity contribution in [2.75, 3.05) is 47.0 Å². The second-order valence-electron chi connectivity index (χ2n) is 6.95. The molecule has 2 N–H and O–H groups in total. The minimum Gasteiger partial charge on any atom is -0.497 e. The van der Waals surface area contributed by atoms with E-state index in [2.05, 4.69) is 34.4 Å². The van der Waals surface area contributed by atoms with Gasteiger partial charge in [-0.25, -0.2) is 0 Å². The molecule has 1 aromatic carbocycles. The van der Waals surface area contributed by atoms with E-state index in [4.69, 9.17) is 14.2 Å². The number of rotatable bonds is 8. The van der Waals surface area contributed by atoms with E-state index in [0.717, 1.165) is 43.8 Å². The molecule has 2 rings (SSSR count). The molecule has 28 heavy (non-hydrogen) atoms. The van der Waals surface area contributed by atoms with E-state index in [1.165, 1.54) is 0 Å². The normalized spacial score (nSPS) is 19.9. The monoisotopic (exact) mass is 506 g/mol. The van der Waals surface area contributed by atoms with Gasteiger partial charge in [-0.3, -0.25) is 9.89 Å². The van der Waals surface area contributed by atoms with Gasteiger partial charge in [0, 0.05) is 38.3 Å². The summed E-state index contributed by atoms with van der Waals surface area (Å²) < 4.78 is 16.7. The largest absolute Gasteiger partial charge is 0.497 e. The number of nitrogens with zero attached hydrogens (tertiary/aromatic N) is 2. The van der Waals surface area contributed by atoms with Crippen LogP contribution in [0.1, 0.15) is 20.8 Å². The third-order valence-electron chi connectivity index (χ3n) is 4.71. The minimum absolute atomic E-state index is 0. The molecule has 0 bridgehead atoms. The molecule has 1 saturated heterocycles. The zero-order valence-electron chi connectivity index (χ0n) is 17.6. The predicted octanol–water partition coefficient (Wildman–Crippen LogP) is 2.35. The first-order chi connectivity index (χ1) is 13.0. The zero-order valence-corrected chi connectivity index (χ0v) is 19.9. The van der Waals surface area contributed by atoms with Gasteiger partial charge in [-0.05, 0) is 32.9 Å². The summed E-state index contributed by atoms with van der Waals surface area (Å²) in [6.07, 6.45) is -0.00709. The molecule has 1 aliphatic rings. The smallest absolute Gasteiger partial charge is 0.191 e. The van der Waals surface area contributed by atoms with Crippen LogP contribution >= 0.6 is 24.0 Å². The number of halogens is 1. The minimum atomic E-state index is -0.00709. The quantitative estimate of drug-likeness (QED) is 0.321. The van der Waals surface area contributed by atoms with Crippen molar-refractivity contribution in [1.29, 1.82) is 0 Å². The number of guanidine groups is 1. The molecule has 0 amide bonds. The van der Waals surface area contributed by atoms with Crippen molar-refractivity contribution >= 4 is 29.9 Å². The van der Waals surface area contributed by atoms with Crippen molar-refractivity contribution in [3.05, 3.63) is 24.3 Å². The lowest BCUT2D eigenvalue weighted by atomic mass is 10.2. The van der Waals surface area contributed by atoms with Gasteiger partial charge < -0.3 is 24.8 Å². The first kappa shape index (κ1) is 24.8. The van der Waals surface area contributed by atoms with E-state index in [-0.39, 0.29) is 30.1 Å². The molecular weight excluding hydrogens is 471 g/mol. The molecule has 160 valence electrons. The highest BCUT2D eigenvalue weighted by Crippen LogP contribution is 2.19. The maximum atomic E-state index is 5.94. The number of aliphatic imine (C=N–C) groups is 1. The van der Waals surface area contributed by atoms with E-state index < -0.39 is 0 Å². The predicted molar refractivity (Wildman–Crippen MR) is 124 cm³/mol. The van der Waals surface area contributed by atoms with Crippen LogP contribution in [0.4, 0.5) is 0 Å². The molecule has 3 atom stereocenters. The lowest BCUT2D eigenvalue weighted by molar-refractivity contribution is -0.0174. The maximum absolute atomic E-state index is 5.94. The van der Waals surface area contributed by atoms with Crippen LogP contribution in [0.3, 0.4) is 0 Å². The summed E-state index contributed by atoms with van der Waals surface area (Å²) in [7, 11) is 3.43. The number of hydrogen-bond acceptors (Lipinski definition) is 5. The van der Waals surface area contributed by atoms with Crippen molar-refractivity contribution in [1.82, 2.24) is 15.5 Å². The highest BCUT2D eigenvalue weighted by molar-refractivity contribution is 14.0.